The number of nitrogen functional groups attached to an aromatic ring is 1. The van der Waals surface area contributed by atoms with Crippen molar-refractivity contribution in [1.29, 1.82) is 0 Å². The summed E-state index contributed by atoms with van der Waals surface area (Å²) in [5.41, 5.74) is 7.12. The summed E-state index contributed by atoms with van der Waals surface area (Å²) in [5.74, 6) is 0.347. The molecule has 12 heavy (non-hydrogen) atoms. The monoisotopic (exact) mass is 166 g/mol. The van der Waals surface area contributed by atoms with Crippen LogP contribution in [-0.2, 0) is 5.41 Å². The van der Waals surface area contributed by atoms with Gasteiger partial charge in [-0.05, 0) is 6.92 Å². The van der Waals surface area contributed by atoms with Gasteiger partial charge in [-0.15, -0.1) is 0 Å². The zero-order valence-electron chi connectivity index (χ0n) is 7.72. The summed E-state index contributed by atoms with van der Waals surface area (Å²) < 4.78 is 4.79. The molecule has 0 aliphatic heterocycles. The third kappa shape index (κ3) is 1.35. The second-order valence-corrected chi connectivity index (χ2v) is 3.52. The van der Waals surface area contributed by atoms with Gasteiger partial charge in [-0.25, -0.2) is 0 Å². The number of aromatic nitrogens is 1. The van der Waals surface area contributed by atoms with Crippen molar-refractivity contribution in [3.8, 4) is 0 Å². The smallest absolute Gasteiger partial charge is 0.222 e. The van der Waals surface area contributed by atoms with Crippen molar-refractivity contribution < 1.29 is 4.52 Å². The number of nitrogens with zero attached hydrogens (tertiary/aromatic N) is 1. The van der Waals surface area contributed by atoms with Crippen molar-refractivity contribution in [3.05, 3.63) is 23.9 Å². The lowest BCUT2D eigenvalue weighted by molar-refractivity contribution is 0.410. The molecule has 1 heterocycles. The fourth-order valence-corrected chi connectivity index (χ4v) is 0.802. The van der Waals surface area contributed by atoms with E-state index >= 15 is 0 Å². The van der Waals surface area contributed by atoms with Crippen molar-refractivity contribution in [2.24, 2.45) is 0 Å². The molecular weight excluding hydrogens is 152 g/mol. The van der Waals surface area contributed by atoms with Crippen LogP contribution in [0, 0.1) is 0 Å². The van der Waals surface area contributed by atoms with Crippen molar-refractivity contribution in [2.75, 3.05) is 5.73 Å². The van der Waals surface area contributed by atoms with Gasteiger partial charge in [0.05, 0.1) is 5.69 Å². The fraction of sp³-hybridized carbons (Fsp3) is 0.444. The molecule has 0 saturated carbocycles. The molecule has 1 aromatic heterocycles. The summed E-state index contributed by atoms with van der Waals surface area (Å²) in [5, 5.41) is 3.85. The molecule has 66 valence electrons. The number of nitrogens with two attached hydrogens (primary N) is 1. The van der Waals surface area contributed by atoms with E-state index in [1.807, 2.05) is 20.8 Å². The lowest BCUT2D eigenvalue weighted by Gasteiger charge is -2.21. The van der Waals surface area contributed by atoms with E-state index in [2.05, 4.69) is 11.7 Å². The molecule has 0 aliphatic carbocycles. The second-order valence-electron chi connectivity index (χ2n) is 3.52. The highest BCUT2D eigenvalue weighted by atomic mass is 16.5. The standard InChI is InChI=1S/C9H14N2O/c1-6(2)9(3,4)7-5-8(10)12-11-7/h5H,1,10H2,2-4H3. The van der Waals surface area contributed by atoms with Crippen LogP contribution in [0.15, 0.2) is 22.7 Å². The van der Waals surface area contributed by atoms with Crippen LogP contribution in [0.2, 0.25) is 0 Å². The van der Waals surface area contributed by atoms with Gasteiger partial charge >= 0.3 is 0 Å². The number of hydrogen-bond acceptors (Lipinski definition) is 3. The number of hydrogen-bond donors (Lipinski definition) is 1. The highest BCUT2D eigenvalue weighted by Gasteiger charge is 2.25. The van der Waals surface area contributed by atoms with E-state index in [1.165, 1.54) is 0 Å². The van der Waals surface area contributed by atoms with Crippen LogP contribution >= 0.6 is 0 Å². The molecule has 0 atom stereocenters. The Morgan fingerprint density at radius 2 is 2.25 bits per heavy atom. The van der Waals surface area contributed by atoms with Gasteiger partial charge < -0.3 is 10.3 Å². The zero-order chi connectivity index (χ0) is 9.35. The molecule has 0 saturated heterocycles. The topological polar surface area (TPSA) is 52.0 Å². The van der Waals surface area contributed by atoms with E-state index in [0.29, 0.717) is 5.88 Å². The molecule has 0 spiro atoms. The van der Waals surface area contributed by atoms with E-state index in [1.54, 1.807) is 6.07 Å². The van der Waals surface area contributed by atoms with Crippen LogP contribution in [0.5, 0.6) is 0 Å². The summed E-state index contributed by atoms with van der Waals surface area (Å²) in [6, 6.07) is 1.73. The molecule has 3 nitrogen and oxygen atoms in total. The third-order valence-electron chi connectivity index (χ3n) is 2.24. The van der Waals surface area contributed by atoms with Gasteiger partial charge in [0.1, 0.15) is 0 Å². The third-order valence-corrected chi connectivity index (χ3v) is 2.24. The Hall–Kier alpha value is -1.25. The van der Waals surface area contributed by atoms with E-state index in [4.69, 9.17) is 10.3 Å². The highest BCUT2D eigenvalue weighted by molar-refractivity contribution is 5.33. The molecule has 0 aromatic carbocycles. The number of rotatable bonds is 2. The first-order valence-electron chi connectivity index (χ1n) is 3.83. The van der Waals surface area contributed by atoms with Crippen LogP contribution in [0.25, 0.3) is 0 Å². The van der Waals surface area contributed by atoms with Crippen molar-refractivity contribution >= 4 is 5.88 Å². The van der Waals surface area contributed by atoms with Crippen LogP contribution < -0.4 is 5.73 Å². The van der Waals surface area contributed by atoms with Crippen LogP contribution in [0.3, 0.4) is 0 Å². The van der Waals surface area contributed by atoms with Crippen molar-refractivity contribution in [1.82, 2.24) is 5.16 Å². The summed E-state index contributed by atoms with van der Waals surface area (Å²) in [6.45, 7) is 9.92. The predicted molar refractivity (Wildman–Crippen MR) is 48.8 cm³/mol. The average Bonchev–Trinajstić information content (AvgIpc) is 2.35. The number of allylic oxidation sites excluding steroid dienone is 1. The zero-order valence-corrected chi connectivity index (χ0v) is 7.72. The molecule has 0 radical (unpaired) electrons. The quantitative estimate of drug-likeness (QED) is 0.684. The van der Waals surface area contributed by atoms with E-state index < -0.39 is 0 Å². The molecule has 0 fully saturated rings. The van der Waals surface area contributed by atoms with Gasteiger partial charge in [-0.3, -0.25) is 0 Å². The molecule has 2 N–H and O–H groups in total. The Bertz CT molecular complexity index is 299. The number of anilines is 1. The molecule has 0 amide bonds. The van der Waals surface area contributed by atoms with Crippen molar-refractivity contribution in [3.63, 3.8) is 0 Å². The van der Waals surface area contributed by atoms with Gasteiger partial charge in [0.2, 0.25) is 5.88 Å². The molecule has 1 aromatic rings. The summed E-state index contributed by atoms with van der Waals surface area (Å²) in [6.07, 6.45) is 0. The first kappa shape index (κ1) is 8.84. The maximum atomic E-state index is 5.42. The van der Waals surface area contributed by atoms with Crippen LogP contribution in [-0.4, -0.2) is 5.16 Å². The van der Waals surface area contributed by atoms with E-state index in [9.17, 15) is 0 Å². The Morgan fingerprint density at radius 1 is 1.67 bits per heavy atom. The highest BCUT2D eigenvalue weighted by Crippen LogP contribution is 2.29. The summed E-state index contributed by atoms with van der Waals surface area (Å²) in [7, 11) is 0. The summed E-state index contributed by atoms with van der Waals surface area (Å²) in [4.78, 5) is 0. The van der Waals surface area contributed by atoms with Crippen LogP contribution in [0.1, 0.15) is 26.5 Å². The molecule has 0 bridgehead atoms. The second kappa shape index (κ2) is 2.66. The first-order chi connectivity index (χ1) is 5.44. The Morgan fingerprint density at radius 3 is 2.58 bits per heavy atom. The first-order valence-corrected chi connectivity index (χ1v) is 3.83. The van der Waals surface area contributed by atoms with Gasteiger partial charge in [0.25, 0.3) is 0 Å². The van der Waals surface area contributed by atoms with Gasteiger partial charge in [-0.1, -0.05) is 31.2 Å². The average molecular weight is 166 g/mol. The van der Waals surface area contributed by atoms with E-state index in [-0.39, 0.29) is 5.41 Å². The minimum absolute atomic E-state index is 0.166. The molecular formula is C9H14N2O. The normalized spacial score (nSPS) is 11.6. The minimum Gasteiger partial charge on any atom is -0.368 e. The Balaban J connectivity index is 3.05. The maximum Gasteiger partial charge on any atom is 0.222 e. The molecule has 3 heteroatoms. The van der Waals surface area contributed by atoms with E-state index in [0.717, 1.165) is 11.3 Å². The maximum absolute atomic E-state index is 5.42. The minimum atomic E-state index is -0.166. The SMILES string of the molecule is C=C(C)C(C)(C)c1cc(N)on1. The lowest BCUT2D eigenvalue weighted by atomic mass is 9.83. The molecule has 0 unspecified atom stereocenters. The van der Waals surface area contributed by atoms with Gasteiger partial charge in [0, 0.05) is 11.5 Å². The van der Waals surface area contributed by atoms with Gasteiger partial charge in [0.15, 0.2) is 0 Å². The Kier molecular flexibility index (Phi) is 1.96. The van der Waals surface area contributed by atoms with Crippen LogP contribution in [0.4, 0.5) is 5.88 Å². The lowest BCUT2D eigenvalue weighted by Crippen LogP contribution is -2.18. The summed E-state index contributed by atoms with van der Waals surface area (Å²) >= 11 is 0. The molecule has 0 aliphatic rings. The predicted octanol–water partition coefficient (Wildman–Crippen LogP) is 2.11. The largest absolute Gasteiger partial charge is 0.368 e. The van der Waals surface area contributed by atoms with Crippen molar-refractivity contribution in [2.45, 2.75) is 26.2 Å². The Labute approximate surface area is 72.2 Å². The van der Waals surface area contributed by atoms with Gasteiger partial charge in [-0.2, -0.15) is 0 Å². The molecule has 1 rings (SSSR count). The fourth-order valence-electron chi connectivity index (χ4n) is 0.802.